The SMILES string of the molecule is COc1ccc(NC(=O)C(C)OC(=O)C=Cc2ccc(OC)c(OC)c2)cc1. The third kappa shape index (κ3) is 5.77. The van der Waals surface area contributed by atoms with E-state index in [9.17, 15) is 9.59 Å². The number of amides is 1. The first-order valence-electron chi connectivity index (χ1n) is 8.52. The van der Waals surface area contributed by atoms with Gasteiger partial charge in [0.2, 0.25) is 0 Å². The van der Waals surface area contributed by atoms with Crippen molar-refractivity contribution in [1.82, 2.24) is 0 Å². The molecule has 0 radical (unpaired) electrons. The number of hydrogen-bond acceptors (Lipinski definition) is 6. The van der Waals surface area contributed by atoms with E-state index in [1.807, 2.05) is 0 Å². The number of carbonyl (C=O) groups excluding carboxylic acids is 2. The maximum absolute atomic E-state index is 12.2. The largest absolute Gasteiger partial charge is 0.497 e. The van der Waals surface area contributed by atoms with Gasteiger partial charge in [-0.2, -0.15) is 0 Å². The van der Waals surface area contributed by atoms with Crippen molar-refractivity contribution in [1.29, 1.82) is 0 Å². The fourth-order valence-corrected chi connectivity index (χ4v) is 2.31. The Balaban J connectivity index is 1.92. The highest BCUT2D eigenvalue weighted by Gasteiger charge is 2.16. The summed E-state index contributed by atoms with van der Waals surface area (Å²) >= 11 is 0. The third-order valence-corrected chi connectivity index (χ3v) is 3.84. The van der Waals surface area contributed by atoms with E-state index in [1.165, 1.54) is 20.1 Å². The molecule has 1 N–H and O–H groups in total. The normalized spacial score (nSPS) is 11.6. The summed E-state index contributed by atoms with van der Waals surface area (Å²) in [7, 11) is 4.64. The van der Waals surface area contributed by atoms with Crippen LogP contribution in [0.3, 0.4) is 0 Å². The van der Waals surface area contributed by atoms with Gasteiger partial charge in [-0.25, -0.2) is 4.79 Å². The van der Waals surface area contributed by atoms with E-state index in [1.54, 1.807) is 62.8 Å². The molecule has 1 unspecified atom stereocenters. The Morgan fingerprint density at radius 1 is 0.929 bits per heavy atom. The summed E-state index contributed by atoms with van der Waals surface area (Å²) in [5.41, 5.74) is 1.31. The lowest BCUT2D eigenvalue weighted by Crippen LogP contribution is -2.29. The van der Waals surface area contributed by atoms with Crippen LogP contribution >= 0.6 is 0 Å². The van der Waals surface area contributed by atoms with Crippen molar-refractivity contribution >= 4 is 23.6 Å². The summed E-state index contributed by atoms with van der Waals surface area (Å²) in [5, 5.41) is 2.67. The second-order valence-corrected chi connectivity index (χ2v) is 5.74. The van der Waals surface area contributed by atoms with Crippen LogP contribution in [0.4, 0.5) is 5.69 Å². The first kappa shape index (κ1) is 20.8. The van der Waals surface area contributed by atoms with Crippen molar-refractivity contribution < 1.29 is 28.5 Å². The van der Waals surface area contributed by atoms with Crippen LogP contribution in [0.1, 0.15) is 12.5 Å². The van der Waals surface area contributed by atoms with Gasteiger partial charge in [0.05, 0.1) is 21.3 Å². The van der Waals surface area contributed by atoms with Crippen LogP contribution in [0.15, 0.2) is 48.5 Å². The molecule has 0 saturated heterocycles. The Morgan fingerprint density at radius 3 is 2.21 bits per heavy atom. The van der Waals surface area contributed by atoms with Gasteiger partial charge in [-0.15, -0.1) is 0 Å². The zero-order valence-electron chi connectivity index (χ0n) is 16.2. The maximum Gasteiger partial charge on any atom is 0.331 e. The first-order valence-corrected chi connectivity index (χ1v) is 8.52. The second-order valence-electron chi connectivity index (χ2n) is 5.74. The number of hydrogen-bond donors (Lipinski definition) is 1. The van der Waals surface area contributed by atoms with Crippen LogP contribution < -0.4 is 19.5 Å². The molecule has 2 aromatic rings. The molecule has 2 rings (SSSR count). The zero-order valence-corrected chi connectivity index (χ0v) is 16.2. The molecule has 0 aliphatic heterocycles. The number of esters is 1. The summed E-state index contributed by atoms with van der Waals surface area (Å²) in [5.74, 6) is 0.749. The predicted molar refractivity (Wildman–Crippen MR) is 106 cm³/mol. The molecule has 1 amide bonds. The van der Waals surface area contributed by atoms with Crippen LogP contribution in [-0.2, 0) is 14.3 Å². The van der Waals surface area contributed by atoms with Crippen LogP contribution in [0.5, 0.6) is 17.2 Å². The van der Waals surface area contributed by atoms with E-state index in [2.05, 4.69) is 5.32 Å². The Kier molecular flexibility index (Phi) is 7.45. The highest BCUT2D eigenvalue weighted by molar-refractivity contribution is 5.96. The molecule has 28 heavy (non-hydrogen) atoms. The quantitative estimate of drug-likeness (QED) is 0.555. The lowest BCUT2D eigenvalue weighted by molar-refractivity contribution is -0.148. The van der Waals surface area contributed by atoms with Gasteiger partial charge in [-0.05, 0) is 55.0 Å². The summed E-state index contributed by atoms with van der Waals surface area (Å²) < 4.78 is 20.6. The first-order chi connectivity index (χ1) is 13.5. The number of benzene rings is 2. The van der Waals surface area contributed by atoms with Crippen LogP contribution in [0.25, 0.3) is 6.08 Å². The topological polar surface area (TPSA) is 83.1 Å². The van der Waals surface area contributed by atoms with Gasteiger partial charge in [-0.3, -0.25) is 4.79 Å². The van der Waals surface area contributed by atoms with Crippen LogP contribution in [-0.4, -0.2) is 39.3 Å². The van der Waals surface area contributed by atoms with Gasteiger partial charge in [0, 0.05) is 11.8 Å². The minimum absolute atomic E-state index is 0.432. The molecule has 7 heteroatoms. The zero-order chi connectivity index (χ0) is 20.5. The molecule has 0 aromatic heterocycles. The van der Waals surface area contributed by atoms with E-state index in [-0.39, 0.29) is 0 Å². The molecule has 0 aliphatic carbocycles. The molecule has 0 aliphatic rings. The number of methoxy groups -OCH3 is 3. The van der Waals surface area contributed by atoms with Gasteiger partial charge < -0.3 is 24.3 Å². The van der Waals surface area contributed by atoms with Crippen molar-refractivity contribution in [2.45, 2.75) is 13.0 Å². The van der Waals surface area contributed by atoms with Crippen molar-refractivity contribution in [3.63, 3.8) is 0 Å². The molecular weight excluding hydrogens is 362 g/mol. The Labute approximate surface area is 163 Å². The lowest BCUT2D eigenvalue weighted by atomic mass is 10.2. The lowest BCUT2D eigenvalue weighted by Gasteiger charge is -2.12. The Morgan fingerprint density at radius 2 is 1.61 bits per heavy atom. The fourth-order valence-electron chi connectivity index (χ4n) is 2.31. The summed E-state index contributed by atoms with van der Waals surface area (Å²) in [6, 6.07) is 12.1. The van der Waals surface area contributed by atoms with Crippen molar-refractivity contribution in [3.8, 4) is 17.2 Å². The Bertz CT molecular complexity index is 844. The molecule has 0 spiro atoms. The van der Waals surface area contributed by atoms with Crippen molar-refractivity contribution in [3.05, 3.63) is 54.1 Å². The van der Waals surface area contributed by atoms with Gasteiger partial charge in [0.25, 0.3) is 5.91 Å². The van der Waals surface area contributed by atoms with E-state index >= 15 is 0 Å². The fraction of sp³-hybridized carbons (Fsp3) is 0.238. The number of carbonyl (C=O) groups is 2. The summed E-state index contributed by atoms with van der Waals surface area (Å²) in [6.45, 7) is 1.50. The molecule has 0 heterocycles. The van der Waals surface area contributed by atoms with E-state index < -0.39 is 18.0 Å². The maximum atomic E-state index is 12.2. The van der Waals surface area contributed by atoms with Gasteiger partial charge in [-0.1, -0.05) is 6.07 Å². The molecule has 0 bridgehead atoms. The van der Waals surface area contributed by atoms with E-state index in [4.69, 9.17) is 18.9 Å². The van der Waals surface area contributed by atoms with Crippen molar-refractivity contribution in [2.75, 3.05) is 26.6 Å². The van der Waals surface area contributed by atoms with Crippen molar-refractivity contribution in [2.24, 2.45) is 0 Å². The molecule has 0 saturated carbocycles. The van der Waals surface area contributed by atoms with E-state index in [0.717, 1.165) is 5.56 Å². The van der Waals surface area contributed by atoms with Gasteiger partial charge >= 0.3 is 5.97 Å². The predicted octanol–water partition coefficient (Wildman–Crippen LogP) is 3.30. The highest BCUT2D eigenvalue weighted by Crippen LogP contribution is 2.28. The molecule has 1 atom stereocenters. The number of rotatable bonds is 8. The number of nitrogens with one attached hydrogen (secondary N) is 1. The second kappa shape index (κ2) is 10.0. The molecule has 0 fully saturated rings. The Hall–Kier alpha value is -3.48. The molecule has 2 aromatic carbocycles. The standard InChI is InChI=1S/C21H23NO6/c1-14(21(24)22-16-7-9-17(25-2)10-8-16)28-20(23)12-6-15-5-11-18(26-3)19(13-15)27-4/h5-14H,1-4H3,(H,22,24). The minimum Gasteiger partial charge on any atom is -0.497 e. The molecule has 148 valence electrons. The average molecular weight is 385 g/mol. The number of ether oxygens (including phenoxy) is 4. The third-order valence-electron chi connectivity index (χ3n) is 3.84. The van der Waals surface area contributed by atoms with Gasteiger partial charge in [0.1, 0.15) is 5.75 Å². The van der Waals surface area contributed by atoms with Crippen LogP contribution in [0, 0.1) is 0 Å². The molecular formula is C21H23NO6. The summed E-state index contributed by atoms with van der Waals surface area (Å²) in [4.78, 5) is 24.1. The van der Waals surface area contributed by atoms with Crippen LogP contribution in [0.2, 0.25) is 0 Å². The minimum atomic E-state index is -0.954. The number of anilines is 1. The summed E-state index contributed by atoms with van der Waals surface area (Å²) in [6.07, 6.45) is 1.86. The smallest absolute Gasteiger partial charge is 0.331 e. The highest BCUT2D eigenvalue weighted by atomic mass is 16.5. The average Bonchev–Trinajstić information content (AvgIpc) is 2.72. The van der Waals surface area contributed by atoms with E-state index in [0.29, 0.717) is 22.9 Å². The van der Waals surface area contributed by atoms with Gasteiger partial charge in [0.15, 0.2) is 17.6 Å². The molecule has 7 nitrogen and oxygen atoms in total. The monoisotopic (exact) mass is 385 g/mol.